The number of halogens is 1. The molecule has 4 aromatic carbocycles. The van der Waals surface area contributed by atoms with Crippen LogP contribution < -0.4 is 19.1 Å². The Morgan fingerprint density at radius 3 is 2.08 bits per heavy atom. The molecule has 4 rings (SSSR count). The summed E-state index contributed by atoms with van der Waals surface area (Å²) in [5.41, 5.74) is 2.79. The zero-order chi connectivity index (χ0) is 34.8. The van der Waals surface area contributed by atoms with Crippen LogP contribution in [0.1, 0.15) is 30.5 Å². The van der Waals surface area contributed by atoms with Crippen LogP contribution in [0.25, 0.3) is 0 Å². The van der Waals surface area contributed by atoms with Gasteiger partial charge in [0, 0.05) is 30.6 Å². The summed E-state index contributed by atoms with van der Waals surface area (Å²) in [5, 5.41) is 3.52. The van der Waals surface area contributed by atoms with E-state index in [4.69, 9.17) is 21.1 Å². The van der Waals surface area contributed by atoms with Crippen molar-refractivity contribution < 1.29 is 27.5 Å². The van der Waals surface area contributed by atoms with Gasteiger partial charge in [-0.15, -0.1) is 0 Å². The van der Waals surface area contributed by atoms with Crippen LogP contribution in [-0.2, 0) is 32.6 Å². The molecule has 0 saturated carbocycles. The number of amides is 2. The quantitative estimate of drug-likeness (QED) is 0.158. The molecule has 2 amide bonds. The van der Waals surface area contributed by atoms with Crippen molar-refractivity contribution in [2.75, 3.05) is 31.6 Å². The Morgan fingerprint density at radius 1 is 0.833 bits per heavy atom. The molecule has 48 heavy (non-hydrogen) atoms. The molecule has 254 valence electrons. The average molecular weight is 692 g/mol. The van der Waals surface area contributed by atoms with Crippen molar-refractivity contribution in [1.29, 1.82) is 0 Å². The fourth-order valence-corrected chi connectivity index (χ4v) is 6.66. The predicted octanol–water partition coefficient (Wildman–Crippen LogP) is 6.27. The van der Waals surface area contributed by atoms with Gasteiger partial charge in [0.2, 0.25) is 11.8 Å². The highest BCUT2D eigenvalue weighted by atomic mass is 35.5. The van der Waals surface area contributed by atoms with Crippen LogP contribution in [0.2, 0.25) is 5.02 Å². The van der Waals surface area contributed by atoms with E-state index in [0.29, 0.717) is 23.0 Å². The van der Waals surface area contributed by atoms with Crippen LogP contribution in [0, 0.1) is 12.8 Å². The van der Waals surface area contributed by atoms with Gasteiger partial charge in [-0.2, -0.15) is 0 Å². The summed E-state index contributed by atoms with van der Waals surface area (Å²) in [7, 11) is -1.45. The Morgan fingerprint density at radius 2 is 1.48 bits per heavy atom. The Bertz CT molecular complexity index is 1780. The number of nitrogens with zero attached hydrogens (tertiary/aromatic N) is 2. The van der Waals surface area contributed by atoms with Gasteiger partial charge in [-0.05, 0) is 60.4 Å². The molecule has 0 aliphatic rings. The second-order valence-corrected chi connectivity index (χ2v) is 14.2. The molecule has 0 aliphatic carbocycles. The molecule has 0 fully saturated rings. The Labute approximate surface area is 288 Å². The van der Waals surface area contributed by atoms with Gasteiger partial charge in [0.1, 0.15) is 12.6 Å². The normalized spacial score (nSPS) is 11.9. The smallest absolute Gasteiger partial charge is 0.264 e. The molecule has 11 heteroatoms. The van der Waals surface area contributed by atoms with Crippen LogP contribution in [0.15, 0.2) is 102 Å². The number of hydrogen-bond acceptors (Lipinski definition) is 6. The minimum atomic E-state index is -4.33. The number of carbonyl (C=O) groups excluding carboxylic acids is 2. The first-order valence-corrected chi connectivity index (χ1v) is 17.4. The van der Waals surface area contributed by atoms with Gasteiger partial charge in [0.05, 0.1) is 24.8 Å². The van der Waals surface area contributed by atoms with Crippen LogP contribution in [-0.4, -0.2) is 58.5 Å². The average Bonchev–Trinajstić information content (AvgIpc) is 3.08. The number of sulfonamides is 1. The number of anilines is 1. The van der Waals surface area contributed by atoms with E-state index in [1.807, 2.05) is 51.1 Å². The summed E-state index contributed by atoms with van der Waals surface area (Å²) in [6.45, 7) is 5.75. The fourth-order valence-electron chi connectivity index (χ4n) is 5.11. The molecule has 0 aromatic heterocycles. The lowest BCUT2D eigenvalue weighted by molar-refractivity contribution is -0.140. The number of rotatable bonds is 15. The molecule has 0 radical (unpaired) electrons. The lowest BCUT2D eigenvalue weighted by Gasteiger charge is -2.34. The highest BCUT2D eigenvalue weighted by Gasteiger charge is 2.35. The van der Waals surface area contributed by atoms with E-state index in [9.17, 15) is 18.0 Å². The van der Waals surface area contributed by atoms with Crippen LogP contribution in [0.5, 0.6) is 11.5 Å². The molecule has 0 unspecified atom stereocenters. The van der Waals surface area contributed by atoms with E-state index < -0.39 is 28.5 Å². The molecule has 0 heterocycles. The first-order valence-electron chi connectivity index (χ1n) is 15.6. The number of benzene rings is 4. The van der Waals surface area contributed by atoms with Crippen molar-refractivity contribution in [2.24, 2.45) is 5.92 Å². The van der Waals surface area contributed by atoms with Gasteiger partial charge in [-0.25, -0.2) is 8.42 Å². The Kier molecular flexibility index (Phi) is 12.5. The zero-order valence-corrected chi connectivity index (χ0v) is 29.4. The van der Waals surface area contributed by atoms with Crippen LogP contribution in [0.4, 0.5) is 5.69 Å². The van der Waals surface area contributed by atoms with Gasteiger partial charge >= 0.3 is 0 Å². The van der Waals surface area contributed by atoms with E-state index in [2.05, 4.69) is 5.32 Å². The minimum Gasteiger partial charge on any atom is -0.493 e. The lowest BCUT2D eigenvalue weighted by atomic mass is 10.0. The molecule has 0 bridgehead atoms. The third-order valence-electron chi connectivity index (χ3n) is 7.77. The largest absolute Gasteiger partial charge is 0.493 e. The topological polar surface area (TPSA) is 105 Å². The summed E-state index contributed by atoms with van der Waals surface area (Å²) in [6, 6.07) is 26.6. The molecule has 0 aliphatic heterocycles. The summed E-state index contributed by atoms with van der Waals surface area (Å²) in [5.74, 6) is -0.132. The van der Waals surface area contributed by atoms with E-state index in [1.165, 1.54) is 37.3 Å². The maximum absolute atomic E-state index is 14.6. The number of ether oxygens (including phenoxy) is 2. The lowest BCUT2D eigenvalue weighted by Crippen LogP contribution is -2.53. The highest BCUT2D eigenvalue weighted by molar-refractivity contribution is 7.92. The number of aryl methyl sites for hydroxylation is 1. The van der Waals surface area contributed by atoms with Gasteiger partial charge < -0.3 is 19.7 Å². The summed E-state index contributed by atoms with van der Waals surface area (Å²) < 4.78 is 40.5. The highest BCUT2D eigenvalue weighted by Crippen LogP contribution is 2.32. The minimum absolute atomic E-state index is 0.0424. The maximum Gasteiger partial charge on any atom is 0.264 e. The predicted molar refractivity (Wildman–Crippen MR) is 189 cm³/mol. The molecule has 0 spiro atoms. The molecule has 1 atom stereocenters. The van der Waals surface area contributed by atoms with Gasteiger partial charge in [-0.3, -0.25) is 13.9 Å². The van der Waals surface area contributed by atoms with Crippen molar-refractivity contribution in [3.05, 3.63) is 119 Å². The Balaban J connectivity index is 1.81. The first kappa shape index (κ1) is 36.3. The molecule has 1 N–H and O–H groups in total. The maximum atomic E-state index is 14.6. The number of hydrogen-bond donors (Lipinski definition) is 1. The van der Waals surface area contributed by atoms with Gasteiger partial charge in [0.25, 0.3) is 10.0 Å². The fraction of sp³-hybridized carbons (Fsp3) is 0.297. The van der Waals surface area contributed by atoms with Crippen molar-refractivity contribution in [3.8, 4) is 11.5 Å². The first-order chi connectivity index (χ1) is 22.9. The molecule has 4 aromatic rings. The third kappa shape index (κ3) is 9.29. The number of nitrogens with one attached hydrogen (secondary N) is 1. The van der Waals surface area contributed by atoms with E-state index >= 15 is 0 Å². The Hall–Kier alpha value is -4.54. The monoisotopic (exact) mass is 691 g/mol. The van der Waals surface area contributed by atoms with Gasteiger partial charge in [-0.1, -0.05) is 85.6 Å². The number of methoxy groups -OCH3 is 2. The van der Waals surface area contributed by atoms with E-state index in [1.54, 1.807) is 48.5 Å². The van der Waals surface area contributed by atoms with Crippen molar-refractivity contribution in [3.63, 3.8) is 0 Å². The second-order valence-electron chi connectivity index (χ2n) is 11.9. The van der Waals surface area contributed by atoms with Crippen molar-refractivity contribution in [2.45, 2.75) is 44.7 Å². The standard InChI is InChI=1S/C37H42ClN3O6S/c1-26(2)23-39-37(43)33(21-28-9-7-6-8-10-28)40(24-29-13-15-30(38)16-14-29)36(42)25-41(31-17-11-27(3)12-18-31)48(44,45)32-19-20-34(46-4)35(22-32)47-5/h6-20,22,26,33H,21,23-25H2,1-5H3,(H,39,43)/t33-/m0/s1. The SMILES string of the molecule is COc1ccc(S(=O)(=O)N(CC(=O)N(Cc2ccc(Cl)cc2)[C@@H](Cc2ccccc2)C(=O)NCC(C)C)c2ccc(C)cc2)cc1OC. The van der Waals surface area contributed by atoms with Crippen LogP contribution >= 0.6 is 11.6 Å². The van der Waals surface area contributed by atoms with E-state index in [-0.39, 0.29) is 35.4 Å². The molecular weight excluding hydrogens is 650 g/mol. The summed E-state index contributed by atoms with van der Waals surface area (Å²) in [4.78, 5) is 29.9. The van der Waals surface area contributed by atoms with Crippen molar-refractivity contribution >= 4 is 39.1 Å². The number of carbonyl (C=O) groups is 2. The molecular formula is C37H42ClN3O6S. The molecule has 9 nitrogen and oxygen atoms in total. The van der Waals surface area contributed by atoms with Crippen molar-refractivity contribution in [1.82, 2.24) is 10.2 Å². The zero-order valence-electron chi connectivity index (χ0n) is 27.9. The van der Waals surface area contributed by atoms with Gasteiger partial charge in [0.15, 0.2) is 11.5 Å². The third-order valence-corrected chi connectivity index (χ3v) is 9.79. The van der Waals surface area contributed by atoms with E-state index in [0.717, 1.165) is 21.0 Å². The summed E-state index contributed by atoms with van der Waals surface area (Å²) >= 11 is 6.16. The molecule has 0 saturated heterocycles. The summed E-state index contributed by atoms with van der Waals surface area (Å²) in [6.07, 6.45) is 0.219. The van der Waals surface area contributed by atoms with Crippen LogP contribution in [0.3, 0.4) is 0 Å². The second kappa shape index (κ2) is 16.5.